The van der Waals surface area contributed by atoms with Crippen molar-refractivity contribution in [1.29, 1.82) is 0 Å². The van der Waals surface area contributed by atoms with Gasteiger partial charge in [-0.15, -0.1) is 0 Å². The number of nitrogens with zero attached hydrogens (tertiary/aromatic N) is 3. The van der Waals surface area contributed by atoms with Crippen LogP contribution in [0.25, 0.3) is 11.3 Å². The van der Waals surface area contributed by atoms with E-state index in [1.807, 2.05) is 28.5 Å². The molecule has 2 aromatic rings. The highest BCUT2D eigenvalue weighted by atomic mass is 32.1. The molecule has 3 rings (SSSR count). The fraction of sp³-hybridized carbons (Fsp3) is 0.412. The smallest absolute Gasteiger partial charge is 0.255 e. The molecule has 4 nitrogen and oxygen atoms in total. The standard InChI is InChI=1S/C17H21N3OS/c1-2-6-19-7-9-20(10-8-19)17(21)14-3-4-16(18-12-14)15-5-11-22-13-15/h3-5,11-13H,2,6-10H2,1H3. The number of thiophene rings is 1. The molecule has 0 unspecified atom stereocenters. The Hall–Kier alpha value is -1.72. The van der Waals surface area contributed by atoms with Crippen molar-refractivity contribution < 1.29 is 4.79 Å². The molecular formula is C17H21N3OS. The normalized spacial score (nSPS) is 16.0. The summed E-state index contributed by atoms with van der Waals surface area (Å²) in [7, 11) is 0. The Morgan fingerprint density at radius 1 is 1.23 bits per heavy atom. The monoisotopic (exact) mass is 315 g/mol. The lowest BCUT2D eigenvalue weighted by Gasteiger charge is -2.34. The Morgan fingerprint density at radius 3 is 2.64 bits per heavy atom. The van der Waals surface area contributed by atoms with Crippen molar-refractivity contribution >= 4 is 17.2 Å². The Morgan fingerprint density at radius 2 is 2.05 bits per heavy atom. The van der Waals surface area contributed by atoms with Crippen molar-refractivity contribution in [3.63, 3.8) is 0 Å². The Labute approximate surface area is 135 Å². The second-order valence-electron chi connectivity index (χ2n) is 5.58. The molecule has 0 aliphatic carbocycles. The average molecular weight is 315 g/mol. The average Bonchev–Trinajstić information content (AvgIpc) is 3.10. The van der Waals surface area contributed by atoms with Crippen LogP contribution in [0.5, 0.6) is 0 Å². The van der Waals surface area contributed by atoms with E-state index in [1.165, 1.54) is 6.42 Å². The molecular weight excluding hydrogens is 294 g/mol. The van der Waals surface area contributed by atoms with Gasteiger partial charge in [0.05, 0.1) is 11.3 Å². The van der Waals surface area contributed by atoms with Gasteiger partial charge in [-0.1, -0.05) is 6.92 Å². The molecule has 116 valence electrons. The van der Waals surface area contributed by atoms with Crippen LogP contribution in [0.3, 0.4) is 0 Å². The fourth-order valence-electron chi connectivity index (χ4n) is 2.77. The molecule has 22 heavy (non-hydrogen) atoms. The third-order valence-corrected chi connectivity index (χ3v) is 4.71. The van der Waals surface area contributed by atoms with Crippen LogP contribution in [0.4, 0.5) is 0 Å². The number of hydrogen-bond donors (Lipinski definition) is 0. The third-order valence-electron chi connectivity index (χ3n) is 4.03. The molecule has 5 heteroatoms. The van der Waals surface area contributed by atoms with Gasteiger partial charge in [0.25, 0.3) is 5.91 Å². The van der Waals surface area contributed by atoms with E-state index >= 15 is 0 Å². The first-order chi connectivity index (χ1) is 10.8. The summed E-state index contributed by atoms with van der Waals surface area (Å²) in [5.41, 5.74) is 2.71. The maximum atomic E-state index is 12.5. The number of piperazine rings is 1. The quantitative estimate of drug-likeness (QED) is 0.870. The molecule has 1 aliphatic rings. The number of carbonyl (C=O) groups excluding carboxylic acids is 1. The molecule has 0 radical (unpaired) electrons. The maximum Gasteiger partial charge on any atom is 0.255 e. The minimum Gasteiger partial charge on any atom is -0.336 e. The molecule has 0 atom stereocenters. The van der Waals surface area contributed by atoms with E-state index in [4.69, 9.17) is 0 Å². The molecule has 0 spiro atoms. The van der Waals surface area contributed by atoms with Crippen LogP contribution in [0.1, 0.15) is 23.7 Å². The van der Waals surface area contributed by atoms with Gasteiger partial charge in [0.2, 0.25) is 0 Å². The molecule has 0 aromatic carbocycles. The summed E-state index contributed by atoms with van der Waals surface area (Å²) >= 11 is 1.65. The zero-order chi connectivity index (χ0) is 15.4. The minimum absolute atomic E-state index is 0.0977. The van der Waals surface area contributed by atoms with Gasteiger partial charge in [-0.25, -0.2) is 0 Å². The number of pyridine rings is 1. The first-order valence-corrected chi connectivity index (χ1v) is 8.72. The van der Waals surface area contributed by atoms with E-state index in [9.17, 15) is 4.79 Å². The van der Waals surface area contributed by atoms with Gasteiger partial charge in [-0.3, -0.25) is 14.7 Å². The predicted octanol–water partition coefficient (Wildman–Crippen LogP) is 2.98. The first kappa shape index (κ1) is 15.2. The minimum atomic E-state index is 0.0977. The number of carbonyl (C=O) groups is 1. The van der Waals surface area contributed by atoms with E-state index in [0.29, 0.717) is 5.56 Å². The highest BCUT2D eigenvalue weighted by Gasteiger charge is 2.21. The zero-order valence-corrected chi connectivity index (χ0v) is 13.7. The number of amides is 1. The van der Waals surface area contributed by atoms with E-state index in [2.05, 4.69) is 22.2 Å². The van der Waals surface area contributed by atoms with Gasteiger partial charge in [0, 0.05) is 43.3 Å². The lowest BCUT2D eigenvalue weighted by atomic mass is 10.1. The maximum absolute atomic E-state index is 12.5. The van der Waals surface area contributed by atoms with Gasteiger partial charge >= 0.3 is 0 Å². The van der Waals surface area contributed by atoms with Crippen LogP contribution in [-0.4, -0.2) is 53.4 Å². The van der Waals surface area contributed by atoms with E-state index in [1.54, 1.807) is 17.5 Å². The fourth-order valence-corrected chi connectivity index (χ4v) is 3.42. The van der Waals surface area contributed by atoms with Crippen molar-refractivity contribution in [3.8, 4) is 11.3 Å². The molecule has 0 N–H and O–H groups in total. The number of hydrogen-bond acceptors (Lipinski definition) is 4. The van der Waals surface area contributed by atoms with Crippen LogP contribution < -0.4 is 0 Å². The van der Waals surface area contributed by atoms with Crippen molar-refractivity contribution in [2.45, 2.75) is 13.3 Å². The predicted molar refractivity (Wildman–Crippen MR) is 90.2 cm³/mol. The largest absolute Gasteiger partial charge is 0.336 e. The zero-order valence-electron chi connectivity index (χ0n) is 12.9. The van der Waals surface area contributed by atoms with Crippen LogP contribution in [0.2, 0.25) is 0 Å². The van der Waals surface area contributed by atoms with E-state index < -0.39 is 0 Å². The van der Waals surface area contributed by atoms with Crippen molar-refractivity contribution in [3.05, 3.63) is 40.7 Å². The highest BCUT2D eigenvalue weighted by molar-refractivity contribution is 7.08. The van der Waals surface area contributed by atoms with Crippen LogP contribution in [-0.2, 0) is 0 Å². The number of rotatable bonds is 4. The van der Waals surface area contributed by atoms with Crippen molar-refractivity contribution in [2.75, 3.05) is 32.7 Å². The van der Waals surface area contributed by atoms with Gasteiger partial charge < -0.3 is 4.90 Å². The van der Waals surface area contributed by atoms with Crippen molar-refractivity contribution in [2.24, 2.45) is 0 Å². The third kappa shape index (κ3) is 3.36. The van der Waals surface area contributed by atoms with Gasteiger partial charge in [-0.2, -0.15) is 11.3 Å². The Bertz CT molecular complexity index is 601. The first-order valence-electron chi connectivity index (χ1n) is 7.78. The second-order valence-corrected chi connectivity index (χ2v) is 6.36. The van der Waals surface area contributed by atoms with E-state index in [-0.39, 0.29) is 5.91 Å². The molecule has 2 aromatic heterocycles. The highest BCUT2D eigenvalue weighted by Crippen LogP contribution is 2.20. The topological polar surface area (TPSA) is 36.4 Å². The Kier molecular flexibility index (Phi) is 4.85. The molecule has 0 saturated carbocycles. The molecule has 3 heterocycles. The molecule has 1 aliphatic heterocycles. The summed E-state index contributed by atoms with van der Waals surface area (Å²) < 4.78 is 0. The summed E-state index contributed by atoms with van der Waals surface area (Å²) in [5.74, 6) is 0.0977. The van der Waals surface area contributed by atoms with Gasteiger partial charge in [-0.05, 0) is 36.5 Å². The van der Waals surface area contributed by atoms with Gasteiger partial charge in [0.15, 0.2) is 0 Å². The van der Waals surface area contributed by atoms with Gasteiger partial charge in [0.1, 0.15) is 0 Å². The Balaban J connectivity index is 1.63. The summed E-state index contributed by atoms with van der Waals surface area (Å²) in [5, 5.41) is 4.10. The molecule has 1 amide bonds. The molecule has 0 bridgehead atoms. The van der Waals surface area contributed by atoms with Crippen LogP contribution in [0, 0.1) is 0 Å². The lowest BCUT2D eigenvalue weighted by molar-refractivity contribution is 0.0637. The van der Waals surface area contributed by atoms with Crippen LogP contribution >= 0.6 is 11.3 Å². The summed E-state index contributed by atoms with van der Waals surface area (Å²) in [6, 6.07) is 5.87. The second kappa shape index (κ2) is 7.03. The van der Waals surface area contributed by atoms with E-state index in [0.717, 1.165) is 44.0 Å². The van der Waals surface area contributed by atoms with Crippen LogP contribution in [0.15, 0.2) is 35.2 Å². The molecule has 1 fully saturated rings. The summed E-state index contributed by atoms with van der Waals surface area (Å²) in [6.07, 6.45) is 2.87. The molecule has 1 saturated heterocycles. The summed E-state index contributed by atoms with van der Waals surface area (Å²) in [6.45, 7) is 6.88. The number of aromatic nitrogens is 1. The lowest BCUT2D eigenvalue weighted by Crippen LogP contribution is -2.48. The SMILES string of the molecule is CCCN1CCN(C(=O)c2ccc(-c3ccsc3)nc2)CC1. The van der Waals surface area contributed by atoms with Crippen molar-refractivity contribution in [1.82, 2.24) is 14.8 Å². The summed E-state index contributed by atoms with van der Waals surface area (Å²) in [4.78, 5) is 21.3.